The Hall–Kier alpha value is -0.0500. The molecule has 2 rings (SSSR count). The van der Waals surface area contributed by atoms with Gasteiger partial charge in [-0.05, 0) is 0 Å². The molecule has 2 saturated heterocycles. The lowest BCUT2D eigenvalue weighted by molar-refractivity contribution is -0.320. The number of hydrogen-bond donors (Lipinski definition) is 8. The Morgan fingerprint density at radius 1 is 0.783 bits per heavy atom. The van der Waals surface area contributed by atoms with E-state index in [2.05, 4.69) is 0 Å². The van der Waals surface area contributed by atoms with Crippen LogP contribution < -0.4 is 0 Å². The smallest absolute Gasteiger partial charge is 0.187 e. The number of aliphatic hydroxyl groups excluding tert-OH is 8. The lowest BCUT2D eigenvalue weighted by atomic mass is 9.98. The lowest BCUT2D eigenvalue weighted by Gasteiger charge is -2.45. The molecule has 0 aromatic rings. The summed E-state index contributed by atoms with van der Waals surface area (Å²) >= 11 is 0.776. The molecule has 0 bridgehead atoms. The third-order valence-corrected chi connectivity index (χ3v) is 5.30. The molecule has 0 saturated carbocycles. The van der Waals surface area contributed by atoms with Crippen LogP contribution in [0.2, 0.25) is 0 Å². The first-order valence-corrected chi connectivity index (χ1v) is 8.02. The molecule has 0 aromatic heterocycles. The summed E-state index contributed by atoms with van der Waals surface area (Å²) < 4.78 is 10.5. The molecule has 10 atom stereocenters. The van der Waals surface area contributed by atoms with Crippen LogP contribution in [0.1, 0.15) is 0 Å². The molecule has 2 aliphatic rings. The van der Waals surface area contributed by atoms with Gasteiger partial charge >= 0.3 is 0 Å². The summed E-state index contributed by atoms with van der Waals surface area (Å²) in [7, 11) is 0. The number of ether oxygens (including phenoxy) is 2. The second kappa shape index (κ2) is 7.89. The Morgan fingerprint density at radius 3 is 2.00 bits per heavy atom. The summed E-state index contributed by atoms with van der Waals surface area (Å²) in [6.07, 6.45) is -11.9. The van der Waals surface area contributed by atoms with E-state index in [1.165, 1.54) is 0 Å². The van der Waals surface area contributed by atoms with Crippen LogP contribution in [-0.2, 0) is 9.47 Å². The predicted octanol–water partition coefficient (Wildman–Crippen LogP) is -4.68. The Labute approximate surface area is 135 Å². The van der Waals surface area contributed by atoms with E-state index in [4.69, 9.17) is 14.6 Å². The minimum absolute atomic E-state index is 0.492. The van der Waals surface area contributed by atoms with Crippen molar-refractivity contribution >= 4 is 11.8 Å². The third-order valence-electron chi connectivity index (χ3n) is 3.98. The molecule has 23 heavy (non-hydrogen) atoms. The van der Waals surface area contributed by atoms with Crippen LogP contribution in [0, 0.1) is 0 Å². The van der Waals surface area contributed by atoms with Gasteiger partial charge in [0, 0.05) is 0 Å². The molecule has 11 heteroatoms. The Bertz CT molecular complexity index is 383. The fraction of sp³-hybridized carbons (Fsp3) is 1.00. The average molecular weight is 358 g/mol. The van der Waals surface area contributed by atoms with Crippen molar-refractivity contribution in [2.24, 2.45) is 0 Å². The van der Waals surface area contributed by atoms with Gasteiger partial charge in [0.25, 0.3) is 0 Å². The molecular weight excluding hydrogens is 336 g/mol. The maximum atomic E-state index is 10.0. The second-order valence-corrected chi connectivity index (χ2v) is 6.89. The summed E-state index contributed by atoms with van der Waals surface area (Å²) in [6, 6.07) is 0. The van der Waals surface area contributed by atoms with Crippen LogP contribution >= 0.6 is 11.8 Å². The molecule has 2 heterocycles. The maximum Gasteiger partial charge on any atom is 0.187 e. The highest BCUT2D eigenvalue weighted by Gasteiger charge is 2.49. The lowest BCUT2D eigenvalue weighted by Crippen LogP contribution is -2.62. The highest BCUT2D eigenvalue weighted by molar-refractivity contribution is 8.00. The van der Waals surface area contributed by atoms with Gasteiger partial charge in [0.05, 0.1) is 18.5 Å². The summed E-state index contributed by atoms with van der Waals surface area (Å²) in [5, 5.41) is 76.2. The largest absolute Gasteiger partial charge is 0.395 e. The first-order valence-electron chi connectivity index (χ1n) is 7.08. The first-order chi connectivity index (χ1) is 10.8. The number of thioether (sulfide) groups is 1. The topological polar surface area (TPSA) is 180 Å². The van der Waals surface area contributed by atoms with Gasteiger partial charge in [-0.1, -0.05) is 0 Å². The maximum absolute atomic E-state index is 10.0. The van der Waals surface area contributed by atoms with E-state index in [-0.39, 0.29) is 0 Å². The molecule has 136 valence electrons. The first kappa shape index (κ1) is 19.3. The molecule has 8 N–H and O–H groups in total. The number of aliphatic hydroxyl groups is 8. The molecule has 0 radical (unpaired) electrons. The van der Waals surface area contributed by atoms with Gasteiger partial charge in [-0.25, -0.2) is 0 Å². The zero-order valence-corrected chi connectivity index (χ0v) is 12.8. The standard InChI is InChI=1S/C12H22O10S/c13-1-3-5(15)6(16)9(19)12(21-3)22-10-4(2-14)23-11(20)8(18)7(10)17/h3-20H,1-2H2/t3?,4?,5-,6?,7?,8?,9?,10-,11?,12-/m0/s1. The normalized spacial score (nSPS) is 51.7. The zero-order valence-electron chi connectivity index (χ0n) is 12.0. The van der Waals surface area contributed by atoms with Gasteiger partial charge in [0.15, 0.2) is 6.29 Å². The second-order valence-electron chi connectivity index (χ2n) is 5.53. The quantitative estimate of drug-likeness (QED) is 0.242. The van der Waals surface area contributed by atoms with Crippen molar-refractivity contribution in [3.8, 4) is 0 Å². The summed E-state index contributed by atoms with van der Waals surface area (Å²) in [4.78, 5) is 0. The Balaban J connectivity index is 2.11. The van der Waals surface area contributed by atoms with Crippen molar-refractivity contribution < 1.29 is 50.3 Å². The highest BCUT2D eigenvalue weighted by atomic mass is 32.2. The van der Waals surface area contributed by atoms with Crippen molar-refractivity contribution in [2.45, 2.75) is 59.7 Å². The van der Waals surface area contributed by atoms with Gasteiger partial charge in [0.2, 0.25) is 0 Å². The number of hydrogen-bond acceptors (Lipinski definition) is 11. The monoisotopic (exact) mass is 358 g/mol. The summed E-state index contributed by atoms with van der Waals surface area (Å²) in [5.74, 6) is 0. The van der Waals surface area contributed by atoms with Crippen molar-refractivity contribution in [1.29, 1.82) is 0 Å². The third kappa shape index (κ3) is 3.80. The van der Waals surface area contributed by atoms with Crippen LogP contribution in [0.5, 0.6) is 0 Å². The van der Waals surface area contributed by atoms with Gasteiger partial charge in [-0.2, -0.15) is 0 Å². The van der Waals surface area contributed by atoms with E-state index in [9.17, 15) is 35.7 Å². The number of rotatable bonds is 4. The molecule has 2 aliphatic heterocycles. The van der Waals surface area contributed by atoms with Crippen molar-refractivity contribution in [2.75, 3.05) is 13.2 Å². The van der Waals surface area contributed by atoms with Crippen LogP contribution in [-0.4, -0.2) is 114 Å². The summed E-state index contributed by atoms with van der Waals surface area (Å²) in [6.45, 7) is -1.13. The van der Waals surface area contributed by atoms with Crippen molar-refractivity contribution in [3.63, 3.8) is 0 Å². The molecule has 10 nitrogen and oxygen atoms in total. The van der Waals surface area contributed by atoms with Crippen molar-refractivity contribution in [3.05, 3.63) is 0 Å². The predicted molar refractivity (Wildman–Crippen MR) is 75.1 cm³/mol. The van der Waals surface area contributed by atoms with Gasteiger partial charge in [0.1, 0.15) is 48.2 Å². The van der Waals surface area contributed by atoms with E-state index >= 15 is 0 Å². The fourth-order valence-electron chi connectivity index (χ4n) is 2.57. The summed E-state index contributed by atoms with van der Waals surface area (Å²) in [5.41, 5.74) is -1.32. The van der Waals surface area contributed by atoms with Gasteiger partial charge in [-0.15, -0.1) is 11.8 Å². The van der Waals surface area contributed by atoms with Crippen LogP contribution in [0.15, 0.2) is 0 Å². The zero-order chi connectivity index (χ0) is 17.3. The molecule has 0 amide bonds. The van der Waals surface area contributed by atoms with Crippen LogP contribution in [0.3, 0.4) is 0 Å². The highest BCUT2D eigenvalue weighted by Crippen LogP contribution is 2.35. The fourth-order valence-corrected chi connectivity index (χ4v) is 3.72. The van der Waals surface area contributed by atoms with Crippen LogP contribution in [0.25, 0.3) is 0 Å². The Morgan fingerprint density at radius 2 is 1.43 bits per heavy atom. The average Bonchev–Trinajstić information content (AvgIpc) is 2.55. The van der Waals surface area contributed by atoms with E-state index < -0.39 is 72.9 Å². The van der Waals surface area contributed by atoms with E-state index in [1.807, 2.05) is 0 Å². The minimum Gasteiger partial charge on any atom is -0.395 e. The minimum atomic E-state index is -1.67. The molecule has 7 unspecified atom stereocenters. The molecule has 0 aliphatic carbocycles. The SMILES string of the molecule is OCC1O[C@@H](O[C@H]2C(CO)SC(O)C(O)C2O)C(O)C(O)[C@H]1O. The molecule has 0 spiro atoms. The van der Waals surface area contributed by atoms with E-state index in [1.54, 1.807) is 0 Å². The van der Waals surface area contributed by atoms with E-state index in [0.717, 1.165) is 11.8 Å². The van der Waals surface area contributed by atoms with Crippen LogP contribution in [0.4, 0.5) is 0 Å². The van der Waals surface area contributed by atoms with Crippen molar-refractivity contribution in [1.82, 2.24) is 0 Å². The molecular formula is C12H22O10S. The van der Waals surface area contributed by atoms with Gasteiger partial charge in [-0.3, -0.25) is 0 Å². The molecule has 0 aromatic carbocycles. The molecule has 2 fully saturated rings. The Kier molecular flexibility index (Phi) is 6.61. The van der Waals surface area contributed by atoms with Gasteiger partial charge < -0.3 is 50.3 Å². The van der Waals surface area contributed by atoms with E-state index in [0.29, 0.717) is 0 Å².